The number of amidine groups is 2. The van der Waals surface area contributed by atoms with Gasteiger partial charge in [-0.3, -0.25) is 4.90 Å². The molecule has 0 atom stereocenters. The van der Waals surface area contributed by atoms with E-state index in [9.17, 15) is 0 Å². The number of para-hydroxylation sites is 4. The number of hydrogen-bond acceptors (Lipinski definition) is 6. The maximum Gasteiger partial charge on any atom is 0.211 e. The Hall–Kier alpha value is -4.27. The molecule has 5 aromatic rings. The number of nitrogens with zero attached hydrogens (tertiary/aromatic N) is 6. The van der Waals surface area contributed by atoms with Crippen LogP contribution in [0.3, 0.4) is 0 Å². The maximum absolute atomic E-state index is 5.02. The first-order valence-corrected chi connectivity index (χ1v) is 13.4. The third-order valence-electron chi connectivity index (χ3n) is 5.71. The lowest BCUT2D eigenvalue weighted by atomic mass is 10.3. The molecule has 1 aromatic heterocycles. The highest BCUT2D eigenvalue weighted by molar-refractivity contribution is 8.29. The highest BCUT2D eigenvalue weighted by atomic mass is 32.2. The van der Waals surface area contributed by atoms with Crippen LogP contribution in [0.4, 0.5) is 17.1 Å². The number of aliphatic imine (C=N–C) groups is 2. The van der Waals surface area contributed by atoms with Crippen molar-refractivity contribution in [3.05, 3.63) is 120 Å². The Labute approximate surface area is 222 Å². The molecule has 4 aromatic carbocycles. The van der Waals surface area contributed by atoms with E-state index in [-0.39, 0.29) is 0 Å². The first kappa shape index (κ1) is 23.1. The molecule has 1 aliphatic heterocycles. The third-order valence-corrected chi connectivity index (χ3v) is 7.73. The molecule has 6 rings (SSSR count). The summed E-state index contributed by atoms with van der Waals surface area (Å²) in [6.07, 6.45) is 0. The smallest absolute Gasteiger partial charge is 0.211 e. The van der Waals surface area contributed by atoms with Gasteiger partial charge in [0.05, 0.1) is 21.6 Å². The van der Waals surface area contributed by atoms with Crippen LogP contribution >= 0.6 is 23.1 Å². The second-order valence-corrected chi connectivity index (χ2v) is 10.2. The van der Waals surface area contributed by atoms with Crippen molar-refractivity contribution < 1.29 is 0 Å². The Bertz CT molecular complexity index is 1700. The highest BCUT2D eigenvalue weighted by Crippen LogP contribution is 2.33. The van der Waals surface area contributed by atoms with Gasteiger partial charge in [0.25, 0.3) is 0 Å². The molecule has 1 fully saturated rings. The van der Waals surface area contributed by atoms with Crippen LogP contribution in [0.1, 0.15) is 0 Å². The van der Waals surface area contributed by atoms with Gasteiger partial charge in [-0.15, -0.1) is 10.2 Å². The van der Waals surface area contributed by atoms with Crippen molar-refractivity contribution >= 4 is 66.4 Å². The zero-order valence-electron chi connectivity index (χ0n) is 20.0. The van der Waals surface area contributed by atoms with Crippen molar-refractivity contribution in [2.45, 2.75) is 0 Å². The van der Waals surface area contributed by atoms with Gasteiger partial charge in [0.1, 0.15) is 5.04 Å². The number of fused-ring (bicyclic) bond motifs is 1. The second-order valence-electron chi connectivity index (χ2n) is 8.19. The summed E-state index contributed by atoms with van der Waals surface area (Å²) < 4.78 is 3.23. The van der Waals surface area contributed by atoms with Crippen LogP contribution in [-0.4, -0.2) is 20.6 Å². The highest BCUT2D eigenvalue weighted by Gasteiger charge is 2.35. The third kappa shape index (κ3) is 4.89. The summed E-state index contributed by atoms with van der Waals surface area (Å²) in [6.45, 7) is 0. The molecule has 6 nitrogen and oxygen atoms in total. The Morgan fingerprint density at radius 2 is 1.22 bits per heavy atom. The van der Waals surface area contributed by atoms with Crippen LogP contribution in [-0.2, 0) is 7.05 Å². The Morgan fingerprint density at radius 3 is 1.89 bits per heavy atom. The van der Waals surface area contributed by atoms with E-state index in [0.29, 0.717) is 11.0 Å². The minimum absolute atomic E-state index is 0.688. The number of anilines is 1. The molecule has 37 heavy (non-hydrogen) atoms. The zero-order chi connectivity index (χ0) is 25.0. The minimum atomic E-state index is 0.688. The Kier molecular flexibility index (Phi) is 6.49. The number of thiazole rings is 1. The molecule has 0 N–H and O–H groups in total. The lowest BCUT2D eigenvalue weighted by Gasteiger charge is -2.17. The molecule has 0 unspecified atom stereocenters. The summed E-state index contributed by atoms with van der Waals surface area (Å²) in [6, 6.07) is 38.2. The average Bonchev–Trinajstić information content (AvgIpc) is 3.45. The van der Waals surface area contributed by atoms with Gasteiger partial charge < -0.3 is 4.57 Å². The van der Waals surface area contributed by atoms with Crippen LogP contribution in [0.2, 0.25) is 0 Å². The fraction of sp³-hybridized carbons (Fsp3) is 0.0345. The van der Waals surface area contributed by atoms with Gasteiger partial charge in [-0.25, -0.2) is 9.98 Å². The Balaban J connectivity index is 1.53. The van der Waals surface area contributed by atoms with E-state index in [1.54, 1.807) is 11.3 Å². The van der Waals surface area contributed by atoms with Crippen LogP contribution in [0.25, 0.3) is 10.2 Å². The van der Waals surface area contributed by atoms with Crippen molar-refractivity contribution in [1.82, 2.24) is 4.57 Å². The molecule has 0 bridgehead atoms. The number of aromatic nitrogens is 1. The summed E-state index contributed by atoms with van der Waals surface area (Å²) in [5.41, 5.74) is 3.77. The topological polar surface area (TPSA) is 57.6 Å². The Morgan fingerprint density at radius 1 is 0.622 bits per heavy atom. The average molecular weight is 519 g/mol. The number of aryl methyl sites for hydroxylation is 1. The van der Waals surface area contributed by atoms with Crippen LogP contribution < -0.4 is 9.70 Å². The van der Waals surface area contributed by atoms with Crippen LogP contribution in [0, 0.1) is 0 Å². The normalized spacial score (nSPS) is 17.5. The summed E-state index contributed by atoms with van der Waals surface area (Å²) in [5, 5.41) is 10.9. The van der Waals surface area contributed by atoms with E-state index >= 15 is 0 Å². The lowest BCUT2D eigenvalue weighted by molar-refractivity contribution is 0.888. The molecule has 0 aliphatic carbocycles. The molecule has 2 heterocycles. The van der Waals surface area contributed by atoms with Crippen molar-refractivity contribution in [3.63, 3.8) is 0 Å². The zero-order valence-corrected chi connectivity index (χ0v) is 21.6. The predicted octanol–water partition coefficient (Wildman–Crippen LogP) is 7.13. The first-order chi connectivity index (χ1) is 18.3. The van der Waals surface area contributed by atoms with E-state index in [2.05, 4.69) is 21.8 Å². The lowest BCUT2D eigenvalue weighted by Crippen LogP contribution is -2.30. The van der Waals surface area contributed by atoms with E-state index in [1.807, 2.05) is 115 Å². The summed E-state index contributed by atoms with van der Waals surface area (Å²) in [7, 11) is 2.01. The number of hydrogen-bond donors (Lipinski definition) is 0. The van der Waals surface area contributed by atoms with E-state index in [0.717, 1.165) is 32.4 Å². The monoisotopic (exact) mass is 518 g/mol. The van der Waals surface area contributed by atoms with Crippen molar-refractivity contribution in [3.8, 4) is 0 Å². The van der Waals surface area contributed by atoms with E-state index < -0.39 is 0 Å². The molecule has 180 valence electrons. The number of benzene rings is 4. The second kappa shape index (κ2) is 10.4. The van der Waals surface area contributed by atoms with E-state index in [1.165, 1.54) is 16.5 Å². The van der Waals surface area contributed by atoms with Gasteiger partial charge in [-0.05, 0) is 60.3 Å². The van der Waals surface area contributed by atoms with Gasteiger partial charge in [0, 0.05) is 12.7 Å². The largest absolute Gasteiger partial charge is 0.318 e. The van der Waals surface area contributed by atoms with Gasteiger partial charge in [-0.1, -0.05) is 78.1 Å². The summed E-state index contributed by atoms with van der Waals surface area (Å²) in [4.78, 5) is 12.8. The molecule has 8 heteroatoms. The van der Waals surface area contributed by atoms with E-state index in [4.69, 9.17) is 15.1 Å². The molecule has 0 saturated carbocycles. The molecule has 0 amide bonds. The van der Waals surface area contributed by atoms with Crippen LogP contribution in [0.5, 0.6) is 0 Å². The van der Waals surface area contributed by atoms with Crippen molar-refractivity contribution in [2.75, 3.05) is 4.90 Å². The summed E-state index contributed by atoms with van der Waals surface area (Å²) >= 11 is 3.08. The van der Waals surface area contributed by atoms with Crippen molar-refractivity contribution in [2.24, 2.45) is 27.2 Å². The van der Waals surface area contributed by atoms with Crippen molar-refractivity contribution in [1.29, 1.82) is 0 Å². The summed E-state index contributed by atoms with van der Waals surface area (Å²) in [5.74, 6) is 0.709. The van der Waals surface area contributed by atoms with Gasteiger partial charge in [0.2, 0.25) is 9.97 Å². The molecule has 1 aliphatic rings. The SMILES string of the molecule is Cn1c(=N/N=C2\SC(=Nc3ccccc3)C(=Nc3ccccc3)N2c2ccccc2)sc2ccccc21. The van der Waals surface area contributed by atoms with Gasteiger partial charge in [0.15, 0.2) is 5.84 Å². The van der Waals surface area contributed by atoms with Crippen LogP contribution in [0.15, 0.2) is 135 Å². The predicted molar refractivity (Wildman–Crippen MR) is 157 cm³/mol. The van der Waals surface area contributed by atoms with Gasteiger partial charge >= 0.3 is 0 Å². The standard InChI is InChI=1S/C29H22N6S2/c1-34-24-19-11-12-20-25(24)36-28(34)32-33-29-35(23-17-9-4-10-18-23)26(30-21-13-5-2-6-14-21)27(37-29)31-22-15-7-3-8-16-22/h2-20H,1H3/b30-26?,31-27?,32-28?,33-29-. The minimum Gasteiger partial charge on any atom is -0.318 e. The fourth-order valence-corrected chi connectivity index (χ4v) is 5.80. The first-order valence-electron chi connectivity index (χ1n) is 11.7. The molecular weight excluding hydrogens is 496 g/mol. The van der Waals surface area contributed by atoms with Gasteiger partial charge in [-0.2, -0.15) is 0 Å². The fourth-order valence-electron chi connectivity index (χ4n) is 3.92. The quantitative estimate of drug-likeness (QED) is 0.238. The number of rotatable bonds is 4. The molecular formula is C29H22N6S2. The molecule has 1 saturated heterocycles. The number of thioether (sulfide) groups is 1. The molecule has 0 spiro atoms. The maximum atomic E-state index is 5.02. The molecule has 0 radical (unpaired) electrons.